The normalized spacial score (nSPS) is 16.5. The summed E-state index contributed by atoms with van der Waals surface area (Å²) in [6.07, 6.45) is 3.70. The fraction of sp³-hybridized carbons (Fsp3) is 0.417. The van der Waals surface area contributed by atoms with Crippen LogP contribution in [0.3, 0.4) is 0 Å². The topological polar surface area (TPSA) is 102 Å². The molecule has 4 heterocycles. The van der Waals surface area contributed by atoms with Gasteiger partial charge in [0.15, 0.2) is 11.6 Å². The second-order valence-corrected chi connectivity index (χ2v) is 9.41. The van der Waals surface area contributed by atoms with E-state index in [9.17, 15) is 9.18 Å². The summed E-state index contributed by atoms with van der Waals surface area (Å²) in [5, 5.41) is 13.8. The van der Waals surface area contributed by atoms with Crippen LogP contribution in [0.4, 0.5) is 27.8 Å². The number of anilines is 4. The van der Waals surface area contributed by atoms with Gasteiger partial charge in [0.2, 0.25) is 5.95 Å². The number of hydrogen-bond donors (Lipinski definition) is 3. The van der Waals surface area contributed by atoms with Crippen molar-refractivity contribution >= 4 is 40.9 Å². The second kappa shape index (κ2) is 10.1. The third-order valence-electron chi connectivity index (χ3n) is 6.40. The van der Waals surface area contributed by atoms with Crippen LogP contribution in [0, 0.1) is 12.7 Å². The molecule has 35 heavy (non-hydrogen) atoms. The number of H-pyrrole nitrogens is 1. The summed E-state index contributed by atoms with van der Waals surface area (Å²) in [5.74, 6) is 1.77. The zero-order valence-corrected chi connectivity index (χ0v) is 20.3. The Labute approximate surface area is 208 Å². The van der Waals surface area contributed by atoms with Crippen LogP contribution >= 0.6 is 11.6 Å². The minimum Gasteiger partial charge on any atom is -0.356 e. The Morgan fingerprint density at radius 1 is 1.11 bits per heavy atom. The zero-order valence-electron chi connectivity index (χ0n) is 19.5. The smallest absolute Gasteiger partial charge is 0.256 e. The molecule has 2 aliphatic heterocycles. The van der Waals surface area contributed by atoms with Gasteiger partial charge in [-0.2, -0.15) is 15.1 Å². The maximum Gasteiger partial charge on any atom is 0.256 e. The molecule has 0 unspecified atom stereocenters. The van der Waals surface area contributed by atoms with E-state index in [1.807, 2.05) is 19.1 Å². The Morgan fingerprint density at radius 2 is 1.89 bits per heavy atom. The standard InChI is InChI=1S/C24H28ClFN8O/c1-15-13-20(32-31-15)28-19-14-21(33-9-2-3-10-33)30-24(29-19)27-16-7-11-34(12-8-16)23(35)17-5-4-6-18(25)22(17)26/h4-6,13-14,16H,2-3,7-12H2,1H3,(H3,27,28,29,30,31,32). The summed E-state index contributed by atoms with van der Waals surface area (Å²) in [6.45, 7) is 4.90. The first kappa shape index (κ1) is 23.3. The number of aromatic nitrogens is 4. The molecule has 5 rings (SSSR count). The SMILES string of the molecule is Cc1cc(Nc2cc(N3CCCC3)nc(NC3CCN(C(=O)c4cccc(Cl)c4F)CC3)n2)n[nH]1. The van der Waals surface area contributed by atoms with E-state index in [1.165, 1.54) is 12.1 Å². The molecule has 2 aliphatic rings. The van der Waals surface area contributed by atoms with Gasteiger partial charge in [-0.15, -0.1) is 0 Å². The summed E-state index contributed by atoms with van der Waals surface area (Å²) in [4.78, 5) is 26.2. The lowest BCUT2D eigenvalue weighted by molar-refractivity contribution is 0.0713. The van der Waals surface area contributed by atoms with Crippen LogP contribution in [0.15, 0.2) is 30.3 Å². The van der Waals surface area contributed by atoms with Crippen LogP contribution in [0.5, 0.6) is 0 Å². The number of hydrogen-bond acceptors (Lipinski definition) is 7. The van der Waals surface area contributed by atoms with Gasteiger partial charge in [0.25, 0.3) is 5.91 Å². The molecule has 2 saturated heterocycles. The summed E-state index contributed by atoms with van der Waals surface area (Å²) in [7, 11) is 0. The highest BCUT2D eigenvalue weighted by molar-refractivity contribution is 6.31. The first-order valence-electron chi connectivity index (χ1n) is 11.9. The van der Waals surface area contributed by atoms with E-state index >= 15 is 0 Å². The molecule has 2 fully saturated rings. The highest BCUT2D eigenvalue weighted by atomic mass is 35.5. The first-order valence-corrected chi connectivity index (χ1v) is 12.3. The van der Waals surface area contributed by atoms with E-state index in [0.29, 0.717) is 43.5 Å². The van der Waals surface area contributed by atoms with E-state index in [-0.39, 0.29) is 22.5 Å². The Balaban J connectivity index is 1.27. The lowest BCUT2D eigenvalue weighted by Gasteiger charge is -2.32. The van der Waals surface area contributed by atoms with E-state index < -0.39 is 5.82 Å². The van der Waals surface area contributed by atoms with Crippen molar-refractivity contribution in [3.63, 3.8) is 0 Å². The Kier molecular flexibility index (Phi) is 6.72. The Morgan fingerprint density at radius 3 is 2.60 bits per heavy atom. The van der Waals surface area contributed by atoms with Crippen molar-refractivity contribution in [2.75, 3.05) is 41.7 Å². The number of halogens is 2. The van der Waals surface area contributed by atoms with Gasteiger partial charge in [-0.1, -0.05) is 17.7 Å². The van der Waals surface area contributed by atoms with Crippen molar-refractivity contribution in [2.45, 2.75) is 38.6 Å². The summed E-state index contributed by atoms with van der Waals surface area (Å²) < 4.78 is 14.3. The Hall–Kier alpha value is -3.40. The van der Waals surface area contributed by atoms with Crippen LogP contribution in [-0.4, -0.2) is 63.2 Å². The number of benzene rings is 1. The van der Waals surface area contributed by atoms with E-state index in [1.54, 1.807) is 11.0 Å². The van der Waals surface area contributed by atoms with Crippen molar-refractivity contribution in [3.05, 3.63) is 52.4 Å². The van der Waals surface area contributed by atoms with E-state index in [4.69, 9.17) is 16.6 Å². The summed E-state index contributed by atoms with van der Waals surface area (Å²) in [6, 6.07) is 8.46. The van der Waals surface area contributed by atoms with Gasteiger partial charge in [-0.25, -0.2) is 4.39 Å². The molecule has 0 bridgehead atoms. The molecule has 9 nitrogen and oxygen atoms in total. The summed E-state index contributed by atoms with van der Waals surface area (Å²) >= 11 is 5.85. The molecule has 0 saturated carbocycles. The monoisotopic (exact) mass is 498 g/mol. The van der Waals surface area contributed by atoms with Crippen LogP contribution < -0.4 is 15.5 Å². The van der Waals surface area contributed by atoms with Gasteiger partial charge < -0.3 is 20.4 Å². The maximum atomic E-state index is 14.3. The highest BCUT2D eigenvalue weighted by Crippen LogP contribution is 2.26. The maximum absolute atomic E-state index is 14.3. The quantitative estimate of drug-likeness (QED) is 0.464. The molecule has 184 valence electrons. The van der Waals surface area contributed by atoms with Gasteiger partial charge in [0, 0.05) is 50.0 Å². The van der Waals surface area contributed by atoms with Crippen molar-refractivity contribution in [1.29, 1.82) is 0 Å². The molecule has 11 heteroatoms. The van der Waals surface area contributed by atoms with Crippen LogP contribution in [0.2, 0.25) is 5.02 Å². The van der Waals surface area contributed by atoms with E-state index in [2.05, 4.69) is 30.7 Å². The molecule has 0 spiro atoms. The Bertz CT molecular complexity index is 1200. The number of piperidine rings is 1. The molecule has 0 aliphatic carbocycles. The van der Waals surface area contributed by atoms with Crippen LogP contribution in [0.1, 0.15) is 41.7 Å². The molecule has 3 N–H and O–H groups in total. The summed E-state index contributed by atoms with van der Waals surface area (Å²) in [5.41, 5.74) is 0.966. The number of nitrogens with one attached hydrogen (secondary N) is 3. The highest BCUT2D eigenvalue weighted by Gasteiger charge is 2.27. The number of carbonyl (C=O) groups excluding carboxylic acids is 1. The third kappa shape index (κ3) is 5.32. The number of amides is 1. The van der Waals surface area contributed by atoms with Crippen LogP contribution in [0.25, 0.3) is 0 Å². The van der Waals surface area contributed by atoms with Crippen molar-refractivity contribution in [3.8, 4) is 0 Å². The lowest BCUT2D eigenvalue weighted by Crippen LogP contribution is -2.42. The van der Waals surface area contributed by atoms with Gasteiger partial charge >= 0.3 is 0 Å². The lowest BCUT2D eigenvalue weighted by atomic mass is 10.0. The zero-order chi connectivity index (χ0) is 24.4. The van der Waals surface area contributed by atoms with Gasteiger partial charge in [0.1, 0.15) is 11.6 Å². The third-order valence-corrected chi connectivity index (χ3v) is 6.69. The first-order chi connectivity index (χ1) is 17.0. The molecule has 0 radical (unpaired) electrons. The number of aromatic amines is 1. The number of likely N-dealkylation sites (tertiary alicyclic amines) is 1. The number of nitrogens with zero attached hydrogens (tertiary/aromatic N) is 5. The minimum atomic E-state index is -0.668. The number of aryl methyl sites for hydroxylation is 1. The van der Waals surface area contributed by atoms with Gasteiger partial charge in [-0.05, 0) is 44.7 Å². The largest absolute Gasteiger partial charge is 0.356 e. The molecular weight excluding hydrogens is 471 g/mol. The van der Waals surface area contributed by atoms with Crippen molar-refractivity contribution in [1.82, 2.24) is 25.1 Å². The second-order valence-electron chi connectivity index (χ2n) is 9.00. The van der Waals surface area contributed by atoms with Crippen molar-refractivity contribution < 1.29 is 9.18 Å². The van der Waals surface area contributed by atoms with Gasteiger partial charge in [0.05, 0.1) is 10.6 Å². The van der Waals surface area contributed by atoms with E-state index in [0.717, 1.165) is 37.4 Å². The molecule has 0 atom stereocenters. The number of carbonyl (C=O) groups is 1. The molecule has 2 aromatic heterocycles. The average Bonchev–Trinajstić information content (AvgIpc) is 3.53. The molecule has 1 aromatic carbocycles. The fourth-order valence-electron chi connectivity index (χ4n) is 4.53. The molecular formula is C24H28ClFN8O. The predicted molar refractivity (Wildman–Crippen MR) is 134 cm³/mol. The fourth-order valence-corrected chi connectivity index (χ4v) is 4.71. The number of rotatable bonds is 6. The minimum absolute atomic E-state index is 0.00914. The van der Waals surface area contributed by atoms with Crippen molar-refractivity contribution in [2.24, 2.45) is 0 Å². The average molecular weight is 499 g/mol. The van der Waals surface area contributed by atoms with Crippen LogP contribution in [-0.2, 0) is 0 Å². The predicted octanol–water partition coefficient (Wildman–Crippen LogP) is 4.36. The molecule has 3 aromatic rings. The molecule has 1 amide bonds. The van der Waals surface area contributed by atoms with Gasteiger partial charge in [-0.3, -0.25) is 9.89 Å².